The molecule has 0 amide bonds. The molecule has 0 aromatic rings. The van der Waals surface area contributed by atoms with E-state index in [1.54, 1.807) is 0 Å². The smallest absolute Gasteiger partial charge is 0.187 e. The van der Waals surface area contributed by atoms with Crippen LogP contribution < -0.4 is 0 Å². The Morgan fingerprint density at radius 1 is 0.522 bits per heavy atom. The second-order valence-electron chi connectivity index (χ2n) is 14.2. The van der Waals surface area contributed by atoms with E-state index in [4.69, 9.17) is 66.3 Å². The molecule has 0 aromatic carbocycles. The summed E-state index contributed by atoms with van der Waals surface area (Å²) >= 11 is 0. The van der Waals surface area contributed by atoms with Crippen LogP contribution in [-0.2, 0) is 71.1 Å². The Hall–Kier alpha value is -0.890. The first kappa shape index (κ1) is 35.0. The summed E-state index contributed by atoms with van der Waals surface area (Å²) in [4.78, 5) is 12.3. The highest BCUT2D eigenvalue weighted by Crippen LogP contribution is 2.43. The second-order valence-corrected chi connectivity index (χ2v) is 14.2. The van der Waals surface area contributed by atoms with Gasteiger partial charge in [0.05, 0.1) is 39.6 Å². The zero-order valence-corrected chi connectivity index (χ0v) is 28.1. The SMILES string of the molecule is CC1(C)O[C@@H]2[C@H](O1)[C@@H](OCCOCC(=O)COCCO[C@H]1O[C@@H]3COC(C)(C)O[C@H]3[C@@H]3OC(C)(C)O[C@H]13)O[C@@H]1COC(C)(C)O[C@@H]21. The highest BCUT2D eigenvalue weighted by atomic mass is 16.8. The maximum Gasteiger partial charge on any atom is 0.187 e. The van der Waals surface area contributed by atoms with Crippen molar-refractivity contribution in [2.45, 2.75) is 140 Å². The molecule has 0 N–H and O–H groups in total. The minimum absolute atomic E-state index is 0.120. The first-order valence-corrected chi connectivity index (χ1v) is 16.2. The lowest BCUT2D eigenvalue weighted by Gasteiger charge is -2.48. The number of rotatable bonds is 12. The largest absolute Gasteiger partial charge is 0.371 e. The van der Waals surface area contributed by atoms with Gasteiger partial charge >= 0.3 is 0 Å². The van der Waals surface area contributed by atoms with E-state index in [-0.39, 0.29) is 82.0 Å². The lowest BCUT2D eigenvalue weighted by molar-refractivity contribution is -0.370. The van der Waals surface area contributed by atoms with E-state index in [0.29, 0.717) is 13.2 Å². The van der Waals surface area contributed by atoms with E-state index >= 15 is 0 Å². The summed E-state index contributed by atoms with van der Waals surface area (Å²) in [5.41, 5.74) is 0. The summed E-state index contributed by atoms with van der Waals surface area (Å²) < 4.78 is 83.5. The standard InChI is InChI=1S/C31H50O15/c1-28(2)37-15-18-20(41-28)22-24(45-30(5,6)43-22)26(39-18)35-11-9-33-13-17(32)14-34-10-12-36-27-25-23(44-31(7,8)46-25)21-19(40-27)16-38-29(3,4)42-21/h18-27H,9-16H2,1-8H3/t18-,19-,20-,21-,22+,23+,24+,25+,26+,27+/m1/s1. The van der Waals surface area contributed by atoms with Gasteiger partial charge in [-0.1, -0.05) is 0 Å². The van der Waals surface area contributed by atoms with Gasteiger partial charge in [-0.15, -0.1) is 0 Å². The molecule has 0 saturated carbocycles. The Bertz CT molecular complexity index is 985. The van der Waals surface area contributed by atoms with Gasteiger partial charge in [-0.2, -0.15) is 0 Å². The first-order valence-electron chi connectivity index (χ1n) is 16.2. The number of ketones is 1. The number of hydrogen-bond acceptors (Lipinski definition) is 15. The maximum absolute atomic E-state index is 12.3. The Morgan fingerprint density at radius 3 is 1.30 bits per heavy atom. The average Bonchev–Trinajstić information content (AvgIpc) is 3.47. The topological polar surface area (TPSA) is 146 Å². The lowest BCUT2D eigenvalue weighted by Crippen LogP contribution is -2.64. The fourth-order valence-corrected chi connectivity index (χ4v) is 6.61. The molecule has 0 aromatic heterocycles. The van der Waals surface area contributed by atoms with Crippen molar-refractivity contribution in [2.75, 3.05) is 52.9 Å². The predicted octanol–water partition coefficient (Wildman–Crippen LogP) is 1.41. The molecular formula is C31H50O15. The van der Waals surface area contributed by atoms with Crippen molar-refractivity contribution in [3.05, 3.63) is 0 Å². The molecule has 0 bridgehead atoms. The molecule has 6 saturated heterocycles. The van der Waals surface area contributed by atoms with Gasteiger partial charge in [-0.25, -0.2) is 0 Å². The van der Waals surface area contributed by atoms with Gasteiger partial charge in [0.2, 0.25) is 0 Å². The molecular weight excluding hydrogens is 612 g/mol. The first-order chi connectivity index (χ1) is 21.6. The van der Waals surface area contributed by atoms with Gasteiger partial charge in [-0.05, 0) is 55.4 Å². The number of fused-ring (bicyclic) bond motifs is 6. The van der Waals surface area contributed by atoms with Crippen molar-refractivity contribution in [1.29, 1.82) is 0 Å². The van der Waals surface area contributed by atoms with Crippen LogP contribution in [0.1, 0.15) is 55.4 Å². The molecule has 15 nitrogen and oxygen atoms in total. The van der Waals surface area contributed by atoms with Gasteiger partial charge < -0.3 is 66.3 Å². The van der Waals surface area contributed by atoms with Crippen molar-refractivity contribution in [3.63, 3.8) is 0 Å². The molecule has 264 valence electrons. The highest BCUT2D eigenvalue weighted by molar-refractivity contribution is 5.80. The van der Waals surface area contributed by atoms with Crippen LogP contribution in [0, 0.1) is 0 Å². The lowest BCUT2D eigenvalue weighted by atomic mass is 9.97. The summed E-state index contributed by atoms with van der Waals surface area (Å²) in [5.74, 6) is -3.33. The van der Waals surface area contributed by atoms with Crippen LogP contribution in [0.5, 0.6) is 0 Å². The van der Waals surface area contributed by atoms with Crippen LogP contribution in [0.3, 0.4) is 0 Å². The monoisotopic (exact) mass is 662 g/mol. The zero-order valence-electron chi connectivity index (χ0n) is 28.1. The van der Waals surface area contributed by atoms with E-state index in [0.717, 1.165) is 0 Å². The van der Waals surface area contributed by atoms with Crippen molar-refractivity contribution in [1.82, 2.24) is 0 Å². The normalized spacial score (nSPS) is 41.7. The fraction of sp³-hybridized carbons (Fsp3) is 0.968. The molecule has 6 heterocycles. The summed E-state index contributed by atoms with van der Waals surface area (Å²) in [5, 5.41) is 0. The van der Waals surface area contributed by atoms with Crippen molar-refractivity contribution in [2.24, 2.45) is 0 Å². The summed E-state index contributed by atoms with van der Waals surface area (Å²) in [7, 11) is 0. The highest BCUT2D eigenvalue weighted by Gasteiger charge is 2.60. The molecule has 6 aliphatic rings. The number of ether oxygens (including phenoxy) is 14. The predicted molar refractivity (Wildman–Crippen MR) is 153 cm³/mol. The third kappa shape index (κ3) is 8.11. The maximum atomic E-state index is 12.3. The van der Waals surface area contributed by atoms with Crippen LogP contribution >= 0.6 is 0 Å². The van der Waals surface area contributed by atoms with Gasteiger partial charge in [0.25, 0.3) is 0 Å². The third-order valence-electron chi connectivity index (χ3n) is 8.44. The van der Waals surface area contributed by atoms with Crippen molar-refractivity contribution < 1.29 is 71.1 Å². The van der Waals surface area contributed by atoms with Crippen molar-refractivity contribution >= 4 is 5.78 Å². The summed E-state index contributed by atoms with van der Waals surface area (Å²) in [6.07, 6.45) is -4.53. The van der Waals surface area contributed by atoms with Gasteiger partial charge in [-0.3, -0.25) is 4.79 Å². The average molecular weight is 663 g/mol. The van der Waals surface area contributed by atoms with Crippen LogP contribution in [0.15, 0.2) is 0 Å². The van der Waals surface area contributed by atoms with E-state index in [1.807, 2.05) is 55.4 Å². The van der Waals surface area contributed by atoms with Gasteiger partial charge in [0.15, 0.2) is 41.5 Å². The number of hydrogen-bond donors (Lipinski definition) is 0. The molecule has 6 rings (SSSR count). The molecule has 0 unspecified atom stereocenters. The molecule has 0 aliphatic carbocycles. The molecule has 6 fully saturated rings. The van der Waals surface area contributed by atoms with Gasteiger partial charge in [0.1, 0.15) is 62.0 Å². The van der Waals surface area contributed by atoms with E-state index in [2.05, 4.69) is 0 Å². The van der Waals surface area contributed by atoms with Crippen LogP contribution in [0.25, 0.3) is 0 Å². The number of carbonyl (C=O) groups is 1. The van der Waals surface area contributed by atoms with E-state index in [9.17, 15) is 4.79 Å². The third-order valence-corrected chi connectivity index (χ3v) is 8.44. The quantitative estimate of drug-likeness (QED) is 0.277. The van der Waals surface area contributed by atoms with Crippen molar-refractivity contribution in [3.8, 4) is 0 Å². The second kappa shape index (κ2) is 13.4. The Balaban J connectivity index is 0.869. The summed E-state index contributed by atoms with van der Waals surface area (Å²) in [6.45, 7) is 16.0. The molecule has 15 heteroatoms. The van der Waals surface area contributed by atoms with E-state index < -0.39 is 47.9 Å². The van der Waals surface area contributed by atoms with Crippen LogP contribution in [0.2, 0.25) is 0 Å². The number of Topliss-reactive ketones (excluding diaryl/α,β-unsaturated/α-hetero) is 1. The molecule has 6 aliphatic heterocycles. The van der Waals surface area contributed by atoms with Crippen LogP contribution in [0.4, 0.5) is 0 Å². The minimum Gasteiger partial charge on any atom is -0.371 e. The summed E-state index contributed by atoms with van der Waals surface area (Å²) in [6, 6.07) is 0. The Morgan fingerprint density at radius 2 is 0.891 bits per heavy atom. The van der Waals surface area contributed by atoms with Gasteiger partial charge in [0, 0.05) is 0 Å². The van der Waals surface area contributed by atoms with E-state index in [1.165, 1.54) is 0 Å². The Labute approximate surface area is 269 Å². The molecule has 10 atom stereocenters. The minimum atomic E-state index is -0.809. The molecule has 0 spiro atoms. The zero-order chi connectivity index (χ0) is 32.9. The van der Waals surface area contributed by atoms with Crippen LogP contribution in [-0.4, -0.2) is 143 Å². The molecule has 46 heavy (non-hydrogen) atoms. The number of carbonyl (C=O) groups excluding carboxylic acids is 1. The fourth-order valence-electron chi connectivity index (χ4n) is 6.61. The molecule has 0 radical (unpaired) electrons. The Kier molecular flexibility index (Phi) is 10.2.